The number of likely N-dealkylation sites (tertiary alicyclic amines) is 2. The van der Waals surface area contributed by atoms with Gasteiger partial charge >= 0.3 is 0 Å². The third-order valence-corrected chi connectivity index (χ3v) is 7.75. The van der Waals surface area contributed by atoms with Gasteiger partial charge in [-0.25, -0.2) is 4.39 Å². The average Bonchev–Trinajstić information content (AvgIpc) is 3.49. The Hall–Kier alpha value is -2.77. The predicted molar refractivity (Wildman–Crippen MR) is 155 cm³/mol. The number of rotatable bonds is 7. The Labute approximate surface area is 223 Å². The second kappa shape index (κ2) is 11.7. The van der Waals surface area contributed by atoms with Crippen LogP contribution in [0, 0.1) is 11.2 Å². The summed E-state index contributed by atoms with van der Waals surface area (Å²) in [6.07, 6.45) is 4.72. The van der Waals surface area contributed by atoms with Crippen LogP contribution in [0.2, 0.25) is 0 Å². The molecule has 2 fully saturated rings. The van der Waals surface area contributed by atoms with Crippen molar-refractivity contribution in [1.82, 2.24) is 15.1 Å². The van der Waals surface area contributed by atoms with Gasteiger partial charge in [0.2, 0.25) is 0 Å². The normalized spacial score (nSPS) is 22.7. The molecule has 0 radical (unpaired) electrons. The summed E-state index contributed by atoms with van der Waals surface area (Å²) in [6.45, 7) is 9.81. The molecule has 0 bridgehead atoms. The minimum atomic E-state index is -0.183. The standard InChI is InChI=1S/C28H38FN5O.C2H6.H2/c1-30-11-14-35-21-7-5-20(6-8-21)24-16-26(34-13-10-28(19-34)9-12-33(4)18-28)22-15-23(29)27(32(2)3)17-25(22)31-24;1-2;/h5-8,15-17,24,30-31H,9-14,18-19H2,1-4H3;1-2H3;1H. The van der Waals surface area contributed by atoms with Crippen molar-refractivity contribution in [3.05, 3.63) is 59.4 Å². The van der Waals surface area contributed by atoms with Crippen LogP contribution in [0.3, 0.4) is 0 Å². The Morgan fingerprint density at radius 1 is 1.14 bits per heavy atom. The summed E-state index contributed by atoms with van der Waals surface area (Å²) in [5.41, 5.74) is 5.20. The van der Waals surface area contributed by atoms with E-state index in [0.717, 1.165) is 55.4 Å². The SMILES string of the molecule is CC.CNCCOc1ccc(C2C=C(N3CCC4(CCN(C)C4)C3)c3cc(F)c(N(C)C)cc3N2)cc1.[HH]. The fourth-order valence-electron chi connectivity index (χ4n) is 5.82. The van der Waals surface area contributed by atoms with Crippen LogP contribution in [0.4, 0.5) is 15.8 Å². The van der Waals surface area contributed by atoms with Crippen molar-refractivity contribution in [2.75, 3.05) is 77.7 Å². The quantitative estimate of drug-likeness (QED) is 0.492. The highest BCUT2D eigenvalue weighted by molar-refractivity contribution is 5.82. The maximum absolute atomic E-state index is 15.1. The molecule has 2 aromatic carbocycles. The van der Waals surface area contributed by atoms with E-state index in [1.54, 1.807) is 6.07 Å². The van der Waals surface area contributed by atoms with Crippen LogP contribution in [0.1, 0.15) is 45.3 Å². The molecule has 0 saturated carbocycles. The summed E-state index contributed by atoms with van der Waals surface area (Å²) in [5.74, 6) is 0.686. The van der Waals surface area contributed by atoms with Gasteiger partial charge in [0.15, 0.2) is 0 Å². The Kier molecular flexibility index (Phi) is 8.65. The van der Waals surface area contributed by atoms with Crippen molar-refractivity contribution in [3.63, 3.8) is 0 Å². The second-order valence-electron chi connectivity index (χ2n) is 10.6. The second-order valence-corrected chi connectivity index (χ2v) is 10.6. The van der Waals surface area contributed by atoms with Gasteiger partial charge in [-0.05, 0) is 69.4 Å². The largest absolute Gasteiger partial charge is 0.492 e. The minimum absolute atomic E-state index is 0. The van der Waals surface area contributed by atoms with Gasteiger partial charge in [-0.2, -0.15) is 0 Å². The molecular weight excluding hydrogens is 465 g/mol. The molecule has 6 nitrogen and oxygen atoms in total. The van der Waals surface area contributed by atoms with E-state index in [2.05, 4.69) is 45.7 Å². The Morgan fingerprint density at radius 3 is 2.51 bits per heavy atom. The van der Waals surface area contributed by atoms with Crippen molar-refractivity contribution in [1.29, 1.82) is 0 Å². The highest BCUT2D eigenvalue weighted by Gasteiger charge is 2.43. The van der Waals surface area contributed by atoms with Gasteiger partial charge in [0.25, 0.3) is 0 Å². The number of nitrogens with zero attached hydrogens (tertiary/aromatic N) is 3. The summed E-state index contributed by atoms with van der Waals surface area (Å²) < 4.78 is 20.9. The van der Waals surface area contributed by atoms with Gasteiger partial charge in [0.05, 0.1) is 11.7 Å². The van der Waals surface area contributed by atoms with Gasteiger partial charge in [-0.15, -0.1) is 0 Å². The number of benzene rings is 2. The minimum Gasteiger partial charge on any atom is -0.492 e. The molecule has 7 heteroatoms. The van der Waals surface area contributed by atoms with Crippen molar-refractivity contribution >= 4 is 17.1 Å². The molecule has 0 aromatic heterocycles. The molecule has 37 heavy (non-hydrogen) atoms. The number of nitrogens with one attached hydrogen (secondary N) is 2. The maximum Gasteiger partial charge on any atom is 0.147 e. The van der Waals surface area contributed by atoms with E-state index >= 15 is 4.39 Å². The molecule has 0 aliphatic carbocycles. The first kappa shape index (κ1) is 27.3. The fraction of sp³-hybridized carbons (Fsp3) is 0.533. The van der Waals surface area contributed by atoms with Crippen LogP contribution >= 0.6 is 0 Å². The smallest absolute Gasteiger partial charge is 0.147 e. The highest BCUT2D eigenvalue weighted by atomic mass is 19.1. The van der Waals surface area contributed by atoms with E-state index in [9.17, 15) is 0 Å². The first-order chi connectivity index (χ1) is 17.9. The van der Waals surface area contributed by atoms with E-state index in [1.165, 1.54) is 18.4 Å². The zero-order chi connectivity index (χ0) is 26.6. The molecule has 2 saturated heterocycles. The third kappa shape index (κ3) is 5.88. The zero-order valence-corrected chi connectivity index (χ0v) is 23.4. The van der Waals surface area contributed by atoms with E-state index in [-0.39, 0.29) is 13.3 Å². The average molecular weight is 512 g/mol. The lowest BCUT2D eigenvalue weighted by Crippen LogP contribution is -2.30. The van der Waals surface area contributed by atoms with Crippen LogP contribution < -0.4 is 20.3 Å². The Bertz CT molecular complexity index is 1090. The van der Waals surface area contributed by atoms with Gasteiger partial charge in [0, 0.05) is 64.1 Å². The predicted octanol–water partition coefficient (Wildman–Crippen LogP) is 5.30. The van der Waals surface area contributed by atoms with Gasteiger partial charge in [0.1, 0.15) is 18.2 Å². The number of likely N-dealkylation sites (N-methyl/N-ethyl adjacent to an activating group) is 1. The molecule has 2 aromatic rings. The number of ether oxygens (including phenoxy) is 1. The molecule has 3 aliphatic rings. The van der Waals surface area contributed by atoms with Crippen LogP contribution in [-0.4, -0.2) is 77.3 Å². The van der Waals surface area contributed by atoms with Crippen LogP contribution in [0.15, 0.2) is 42.5 Å². The molecule has 3 aliphatic heterocycles. The van der Waals surface area contributed by atoms with E-state index in [4.69, 9.17) is 4.74 Å². The molecule has 1 spiro atoms. The summed E-state index contributed by atoms with van der Waals surface area (Å²) in [7, 11) is 7.91. The van der Waals surface area contributed by atoms with E-state index in [1.807, 2.05) is 58.1 Å². The summed E-state index contributed by atoms with van der Waals surface area (Å²) >= 11 is 0. The lowest BCUT2D eigenvalue weighted by Gasteiger charge is -2.34. The summed E-state index contributed by atoms with van der Waals surface area (Å²) in [6, 6.07) is 12.0. The zero-order valence-electron chi connectivity index (χ0n) is 23.4. The number of anilines is 2. The van der Waals surface area contributed by atoms with Crippen LogP contribution in [0.25, 0.3) is 5.70 Å². The maximum atomic E-state index is 15.1. The van der Waals surface area contributed by atoms with Crippen molar-refractivity contribution < 1.29 is 10.6 Å². The molecule has 0 amide bonds. The first-order valence-corrected chi connectivity index (χ1v) is 13.7. The molecule has 2 unspecified atom stereocenters. The van der Waals surface area contributed by atoms with Crippen molar-refractivity contribution in [2.24, 2.45) is 5.41 Å². The molecular formula is C30H46FN5O. The third-order valence-electron chi connectivity index (χ3n) is 7.75. The monoisotopic (exact) mass is 511 g/mol. The van der Waals surface area contributed by atoms with Gasteiger partial charge in [-0.1, -0.05) is 26.0 Å². The molecule has 2 atom stereocenters. The summed E-state index contributed by atoms with van der Waals surface area (Å²) in [4.78, 5) is 6.77. The Balaban J connectivity index is 0.00000130. The molecule has 2 N–H and O–H groups in total. The fourth-order valence-corrected chi connectivity index (χ4v) is 5.82. The molecule has 5 rings (SSSR count). The van der Waals surface area contributed by atoms with Crippen molar-refractivity contribution in [3.8, 4) is 5.75 Å². The van der Waals surface area contributed by atoms with Crippen LogP contribution in [0.5, 0.6) is 5.75 Å². The van der Waals surface area contributed by atoms with Crippen molar-refractivity contribution in [2.45, 2.75) is 32.7 Å². The number of hydrogen-bond acceptors (Lipinski definition) is 6. The van der Waals surface area contributed by atoms with Gasteiger partial charge < -0.3 is 30.1 Å². The lowest BCUT2D eigenvalue weighted by atomic mass is 9.86. The number of hydrogen-bond donors (Lipinski definition) is 2. The van der Waals surface area contributed by atoms with Crippen LogP contribution in [-0.2, 0) is 0 Å². The van der Waals surface area contributed by atoms with E-state index < -0.39 is 0 Å². The highest BCUT2D eigenvalue weighted by Crippen LogP contribution is 2.46. The number of halogens is 1. The molecule has 204 valence electrons. The van der Waals surface area contributed by atoms with E-state index in [0.29, 0.717) is 17.7 Å². The first-order valence-electron chi connectivity index (χ1n) is 13.7. The molecule has 3 heterocycles. The number of fused-ring (bicyclic) bond motifs is 1. The lowest BCUT2D eigenvalue weighted by molar-refractivity contribution is 0.289. The topological polar surface area (TPSA) is 43.0 Å². The Morgan fingerprint density at radius 2 is 1.86 bits per heavy atom. The van der Waals surface area contributed by atoms with Gasteiger partial charge in [-0.3, -0.25) is 0 Å². The summed E-state index contributed by atoms with van der Waals surface area (Å²) in [5, 5.41) is 6.77.